The Morgan fingerprint density at radius 1 is 1.18 bits per heavy atom. The van der Waals surface area contributed by atoms with Crippen molar-refractivity contribution in [3.05, 3.63) is 47.0 Å². The molecule has 1 atom stereocenters. The molecule has 1 aliphatic rings. The van der Waals surface area contributed by atoms with Gasteiger partial charge in [-0.3, -0.25) is 5.32 Å². The molecule has 2 heteroatoms. The van der Waals surface area contributed by atoms with Crippen LogP contribution in [0.1, 0.15) is 70.0 Å². The minimum absolute atomic E-state index is 0.154. The molecule has 1 aromatic rings. The minimum Gasteiger partial charge on any atom is -0.298 e. The lowest BCUT2D eigenvalue weighted by atomic mass is 9.86. The molecule has 1 aliphatic carbocycles. The van der Waals surface area contributed by atoms with Crippen molar-refractivity contribution in [2.75, 3.05) is 6.54 Å². The van der Waals surface area contributed by atoms with Gasteiger partial charge in [0.2, 0.25) is 0 Å². The number of nitrogens with zero attached hydrogens (tertiary/aromatic N) is 1. The Balaban J connectivity index is 1.91. The average molecular weight is 296 g/mol. The van der Waals surface area contributed by atoms with Crippen LogP contribution >= 0.6 is 0 Å². The Labute approximate surface area is 135 Å². The van der Waals surface area contributed by atoms with E-state index in [4.69, 9.17) is 0 Å². The maximum Gasteiger partial charge on any atom is 0.121 e. The summed E-state index contributed by atoms with van der Waals surface area (Å²) < 4.78 is 0. The van der Waals surface area contributed by atoms with E-state index in [0.29, 0.717) is 0 Å². The standard InChI is InChI=1S/C20H28N2/c1-20(2,3)18-11-9-17(10-12-18)19(15-21)22-14-13-16-7-5-4-6-8-16/h7,9-12,19,22H,4-6,8,13-14H2,1-3H3. The predicted molar refractivity (Wildman–Crippen MR) is 92.7 cm³/mol. The maximum absolute atomic E-state index is 9.42. The van der Waals surface area contributed by atoms with E-state index in [1.807, 2.05) is 0 Å². The summed E-state index contributed by atoms with van der Waals surface area (Å²) >= 11 is 0. The van der Waals surface area contributed by atoms with E-state index >= 15 is 0 Å². The van der Waals surface area contributed by atoms with Gasteiger partial charge in [0.25, 0.3) is 0 Å². The van der Waals surface area contributed by atoms with Gasteiger partial charge in [-0.1, -0.05) is 56.7 Å². The quantitative estimate of drug-likeness (QED) is 0.774. The molecule has 22 heavy (non-hydrogen) atoms. The van der Waals surface area contributed by atoms with E-state index in [2.05, 4.69) is 62.5 Å². The van der Waals surface area contributed by atoms with Gasteiger partial charge in [-0.2, -0.15) is 5.26 Å². The summed E-state index contributed by atoms with van der Waals surface area (Å²) in [6.45, 7) is 7.50. The fourth-order valence-corrected chi connectivity index (χ4v) is 2.92. The summed E-state index contributed by atoms with van der Waals surface area (Å²) in [5.74, 6) is 0. The van der Waals surface area contributed by atoms with Crippen molar-refractivity contribution in [2.24, 2.45) is 0 Å². The van der Waals surface area contributed by atoms with E-state index in [0.717, 1.165) is 18.5 Å². The SMILES string of the molecule is CC(C)(C)c1ccc(C(C#N)NCCC2=CCCCC2)cc1. The van der Waals surface area contributed by atoms with Crippen LogP contribution in [0.25, 0.3) is 0 Å². The Hall–Kier alpha value is -1.59. The zero-order valence-electron chi connectivity index (χ0n) is 14.2. The summed E-state index contributed by atoms with van der Waals surface area (Å²) in [5, 5.41) is 12.8. The molecule has 2 nitrogen and oxygen atoms in total. The number of allylic oxidation sites excluding steroid dienone is 1. The molecule has 0 heterocycles. The third-order valence-corrected chi connectivity index (χ3v) is 4.42. The predicted octanol–water partition coefficient (Wildman–Crippen LogP) is 5.03. The second kappa shape index (κ2) is 7.61. The van der Waals surface area contributed by atoms with Gasteiger partial charge in [-0.15, -0.1) is 0 Å². The van der Waals surface area contributed by atoms with Crippen LogP contribution < -0.4 is 5.32 Å². The Morgan fingerprint density at radius 3 is 2.45 bits per heavy atom. The highest BCUT2D eigenvalue weighted by atomic mass is 14.9. The molecule has 0 spiro atoms. The highest BCUT2D eigenvalue weighted by Gasteiger charge is 2.15. The lowest BCUT2D eigenvalue weighted by Crippen LogP contribution is -2.22. The number of benzene rings is 1. The average Bonchev–Trinajstić information content (AvgIpc) is 2.52. The molecular weight excluding hydrogens is 268 g/mol. The molecule has 2 rings (SSSR count). The molecule has 0 saturated heterocycles. The van der Waals surface area contributed by atoms with Gasteiger partial charge in [-0.25, -0.2) is 0 Å². The van der Waals surface area contributed by atoms with Crippen LogP contribution in [0, 0.1) is 11.3 Å². The fraction of sp³-hybridized carbons (Fsp3) is 0.550. The largest absolute Gasteiger partial charge is 0.298 e. The van der Waals surface area contributed by atoms with Gasteiger partial charge in [0.05, 0.1) is 6.07 Å². The highest BCUT2D eigenvalue weighted by Crippen LogP contribution is 2.24. The van der Waals surface area contributed by atoms with Gasteiger partial charge < -0.3 is 0 Å². The van der Waals surface area contributed by atoms with E-state index in [-0.39, 0.29) is 11.5 Å². The number of nitrogens with one attached hydrogen (secondary N) is 1. The second-order valence-electron chi connectivity index (χ2n) is 7.25. The van der Waals surface area contributed by atoms with Crippen LogP contribution in [0.2, 0.25) is 0 Å². The first-order valence-electron chi connectivity index (χ1n) is 8.42. The van der Waals surface area contributed by atoms with Gasteiger partial charge in [0.1, 0.15) is 6.04 Å². The summed E-state index contributed by atoms with van der Waals surface area (Å²) in [7, 11) is 0. The lowest BCUT2D eigenvalue weighted by Gasteiger charge is -2.20. The summed E-state index contributed by atoms with van der Waals surface area (Å²) in [6, 6.07) is 10.6. The van der Waals surface area contributed by atoms with Crippen molar-refractivity contribution >= 4 is 0 Å². The van der Waals surface area contributed by atoms with Crippen molar-refractivity contribution in [2.45, 2.75) is 64.3 Å². The molecule has 1 N–H and O–H groups in total. The molecule has 1 aromatic carbocycles. The molecule has 0 saturated carbocycles. The van der Waals surface area contributed by atoms with Crippen LogP contribution in [0.3, 0.4) is 0 Å². The molecule has 1 unspecified atom stereocenters. The number of rotatable bonds is 5. The summed E-state index contributed by atoms with van der Waals surface area (Å²) in [4.78, 5) is 0. The van der Waals surface area contributed by atoms with Gasteiger partial charge in [0, 0.05) is 6.54 Å². The molecule has 0 aromatic heterocycles. The smallest absolute Gasteiger partial charge is 0.121 e. The molecular formula is C20H28N2. The van der Waals surface area contributed by atoms with Crippen molar-refractivity contribution in [3.63, 3.8) is 0 Å². The molecule has 0 fully saturated rings. The van der Waals surface area contributed by atoms with Gasteiger partial charge >= 0.3 is 0 Å². The van der Waals surface area contributed by atoms with Crippen LogP contribution in [-0.4, -0.2) is 6.54 Å². The monoisotopic (exact) mass is 296 g/mol. The summed E-state index contributed by atoms with van der Waals surface area (Å²) in [5.41, 5.74) is 4.08. The van der Waals surface area contributed by atoms with E-state index in [1.54, 1.807) is 5.57 Å². The maximum atomic E-state index is 9.42. The fourth-order valence-electron chi connectivity index (χ4n) is 2.92. The third-order valence-electron chi connectivity index (χ3n) is 4.42. The first-order valence-corrected chi connectivity index (χ1v) is 8.42. The Bertz CT molecular complexity index is 541. The van der Waals surface area contributed by atoms with Crippen LogP contribution in [0.5, 0.6) is 0 Å². The van der Waals surface area contributed by atoms with Crippen molar-refractivity contribution in [3.8, 4) is 6.07 Å². The second-order valence-corrected chi connectivity index (χ2v) is 7.25. The van der Waals surface area contributed by atoms with E-state index in [1.165, 1.54) is 31.2 Å². The highest BCUT2D eigenvalue weighted by molar-refractivity contribution is 5.31. The van der Waals surface area contributed by atoms with Crippen LogP contribution in [0.15, 0.2) is 35.9 Å². The molecule has 0 aliphatic heterocycles. The molecule has 0 amide bonds. The van der Waals surface area contributed by atoms with Crippen molar-refractivity contribution in [1.29, 1.82) is 5.26 Å². The molecule has 0 bridgehead atoms. The first kappa shape index (κ1) is 16.8. The normalized spacial score (nSPS) is 16.7. The van der Waals surface area contributed by atoms with Crippen LogP contribution in [0.4, 0.5) is 0 Å². The van der Waals surface area contributed by atoms with Crippen molar-refractivity contribution in [1.82, 2.24) is 5.32 Å². The summed E-state index contributed by atoms with van der Waals surface area (Å²) in [6.07, 6.45) is 8.56. The molecule has 0 radical (unpaired) electrons. The zero-order chi connectivity index (χ0) is 16.0. The Morgan fingerprint density at radius 2 is 1.91 bits per heavy atom. The van der Waals surface area contributed by atoms with Gasteiger partial charge in [-0.05, 0) is 48.6 Å². The minimum atomic E-state index is -0.210. The Kier molecular flexibility index (Phi) is 5.80. The van der Waals surface area contributed by atoms with E-state index < -0.39 is 0 Å². The van der Waals surface area contributed by atoms with Crippen LogP contribution in [-0.2, 0) is 5.41 Å². The van der Waals surface area contributed by atoms with Gasteiger partial charge in [0.15, 0.2) is 0 Å². The zero-order valence-corrected chi connectivity index (χ0v) is 14.2. The number of hydrogen-bond acceptors (Lipinski definition) is 2. The molecule has 118 valence electrons. The third kappa shape index (κ3) is 4.71. The van der Waals surface area contributed by atoms with Crippen molar-refractivity contribution < 1.29 is 0 Å². The van der Waals surface area contributed by atoms with E-state index in [9.17, 15) is 5.26 Å². The number of hydrogen-bond donors (Lipinski definition) is 1. The first-order chi connectivity index (χ1) is 10.5. The number of nitriles is 1. The topological polar surface area (TPSA) is 35.8 Å². The lowest BCUT2D eigenvalue weighted by molar-refractivity contribution is 0.586.